The molecule has 0 amide bonds. The van der Waals surface area contributed by atoms with Crippen LogP contribution in [-0.2, 0) is 0 Å². The number of allylic oxidation sites excluding steroid dienone is 2. The molecule has 0 saturated heterocycles. The fraction of sp³-hybridized carbons (Fsp3) is 0.857. The highest BCUT2D eigenvalue weighted by Gasteiger charge is 2.35. The van der Waals surface area contributed by atoms with Gasteiger partial charge in [0.1, 0.15) is 0 Å². The largest absolute Gasteiger partial charge is 0.296 e. The topological polar surface area (TPSA) is 3.24 Å². The molecule has 0 aromatic heterocycles. The summed E-state index contributed by atoms with van der Waals surface area (Å²) in [6.07, 6.45) is 5.57. The molecule has 0 spiro atoms. The Morgan fingerprint density at radius 3 is 1.93 bits per heavy atom. The third-order valence-electron chi connectivity index (χ3n) is 3.80. The van der Waals surface area contributed by atoms with Gasteiger partial charge in [-0.1, -0.05) is 19.1 Å². The first kappa shape index (κ1) is 14.7. The van der Waals surface area contributed by atoms with E-state index < -0.39 is 0 Å². The third kappa shape index (κ3) is 3.98. The Bertz CT molecular complexity index is 208. The van der Waals surface area contributed by atoms with E-state index >= 15 is 0 Å². The van der Waals surface area contributed by atoms with E-state index in [1.807, 2.05) is 0 Å². The van der Waals surface area contributed by atoms with Crippen molar-refractivity contribution in [2.24, 2.45) is 5.92 Å². The molecule has 0 N–H and O–H groups in total. The van der Waals surface area contributed by atoms with Crippen LogP contribution in [0.5, 0.6) is 0 Å². The zero-order valence-electron chi connectivity index (χ0n) is 11.9. The van der Waals surface area contributed by atoms with Crippen molar-refractivity contribution in [3.8, 4) is 0 Å². The quantitative estimate of drug-likeness (QED) is 0.633. The van der Waals surface area contributed by atoms with Crippen molar-refractivity contribution in [2.75, 3.05) is 7.05 Å². The molecule has 1 atom stereocenters. The third-order valence-corrected chi connectivity index (χ3v) is 3.80. The molecule has 0 bridgehead atoms. The summed E-state index contributed by atoms with van der Waals surface area (Å²) in [5, 5.41) is 0. The maximum atomic E-state index is 2.48. The summed E-state index contributed by atoms with van der Waals surface area (Å²) in [6, 6.07) is 0. The van der Waals surface area contributed by atoms with E-state index in [1.54, 1.807) is 0 Å². The monoisotopic (exact) mass is 211 g/mol. The fourth-order valence-electron chi connectivity index (χ4n) is 1.82. The summed E-state index contributed by atoms with van der Waals surface area (Å²) in [6.45, 7) is 15.9. The summed E-state index contributed by atoms with van der Waals surface area (Å²) in [4.78, 5) is 2.48. The number of rotatable bonds is 4. The van der Waals surface area contributed by atoms with Crippen molar-refractivity contribution in [3.63, 3.8) is 0 Å². The molecule has 0 aliphatic heterocycles. The summed E-state index contributed by atoms with van der Waals surface area (Å²) in [7, 11) is 2.23. The van der Waals surface area contributed by atoms with Crippen LogP contribution in [0.15, 0.2) is 12.2 Å². The van der Waals surface area contributed by atoms with Crippen LogP contribution in [0.1, 0.15) is 54.9 Å². The normalized spacial score (nSPS) is 16.3. The van der Waals surface area contributed by atoms with Crippen molar-refractivity contribution in [1.29, 1.82) is 0 Å². The maximum absolute atomic E-state index is 2.48. The highest BCUT2D eigenvalue weighted by molar-refractivity contribution is 4.94. The molecule has 0 aliphatic rings. The second-order valence-electron chi connectivity index (χ2n) is 6.09. The zero-order chi connectivity index (χ0) is 12.3. The lowest BCUT2D eigenvalue weighted by atomic mass is 9.82. The van der Waals surface area contributed by atoms with Crippen LogP contribution in [0, 0.1) is 5.92 Å². The predicted molar refractivity (Wildman–Crippen MR) is 70.2 cm³/mol. The molecule has 0 heterocycles. The summed E-state index contributed by atoms with van der Waals surface area (Å²) in [5.74, 6) is 0.665. The first-order valence-electron chi connectivity index (χ1n) is 5.99. The summed E-state index contributed by atoms with van der Waals surface area (Å²) < 4.78 is 0. The van der Waals surface area contributed by atoms with E-state index in [-0.39, 0.29) is 11.1 Å². The second kappa shape index (κ2) is 5.16. The Labute approximate surface area is 96.6 Å². The Balaban J connectivity index is 4.65. The molecule has 15 heavy (non-hydrogen) atoms. The lowest BCUT2D eigenvalue weighted by molar-refractivity contribution is 0.0198. The predicted octanol–water partition coefficient (Wildman–Crippen LogP) is 4.10. The minimum Gasteiger partial charge on any atom is -0.296 e. The molecular formula is C14H29N. The lowest BCUT2D eigenvalue weighted by Gasteiger charge is -2.48. The highest BCUT2D eigenvalue weighted by atomic mass is 15.2. The van der Waals surface area contributed by atoms with Gasteiger partial charge in [-0.25, -0.2) is 0 Å². The van der Waals surface area contributed by atoms with E-state index in [2.05, 4.69) is 72.6 Å². The Morgan fingerprint density at radius 1 is 1.13 bits per heavy atom. The number of nitrogens with zero attached hydrogens (tertiary/aromatic N) is 1. The van der Waals surface area contributed by atoms with Gasteiger partial charge in [-0.15, -0.1) is 0 Å². The van der Waals surface area contributed by atoms with E-state index in [1.165, 1.54) is 0 Å². The molecule has 0 radical (unpaired) electrons. The van der Waals surface area contributed by atoms with Gasteiger partial charge in [0.05, 0.1) is 0 Å². The first-order chi connectivity index (χ1) is 6.64. The van der Waals surface area contributed by atoms with Crippen molar-refractivity contribution in [1.82, 2.24) is 4.90 Å². The molecule has 0 aromatic rings. The van der Waals surface area contributed by atoms with Gasteiger partial charge >= 0.3 is 0 Å². The van der Waals surface area contributed by atoms with E-state index in [9.17, 15) is 0 Å². The fourth-order valence-corrected chi connectivity index (χ4v) is 1.82. The standard InChI is InChI=1S/C14H29N/c1-9-10-11-12(2)14(6,7)15(8)13(3,4)5/h9-10,12H,11H2,1-8H3/b10-9-/t12-/m0/s1. The first-order valence-corrected chi connectivity index (χ1v) is 5.99. The van der Waals surface area contributed by atoms with Crippen LogP contribution < -0.4 is 0 Å². The van der Waals surface area contributed by atoms with Crippen LogP contribution >= 0.6 is 0 Å². The summed E-state index contributed by atoms with van der Waals surface area (Å²) >= 11 is 0. The van der Waals surface area contributed by atoms with Gasteiger partial charge < -0.3 is 0 Å². The maximum Gasteiger partial charge on any atom is 0.0183 e. The Kier molecular flexibility index (Phi) is 5.05. The molecule has 0 fully saturated rings. The smallest absolute Gasteiger partial charge is 0.0183 e. The number of hydrogen-bond acceptors (Lipinski definition) is 1. The van der Waals surface area contributed by atoms with E-state index in [0.29, 0.717) is 5.92 Å². The Hall–Kier alpha value is -0.300. The van der Waals surface area contributed by atoms with Crippen LogP contribution in [-0.4, -0.2) is 23.0 Å². The van der Waals surface area contributed by atoms with Crippen molar-refractivity contribution in [2.45, 2.75) is 66.0 Å². The molecule has 1 nitrogen and oxygen atoms in total. The van der Waals surface area contributed by atoms with Gasteiger partial charge in [0.2, 0.25) is 0 Å². The second-order valence-corrected chi connectivity index (χ2v) is 6.09. The molecule has 0 rings (SSSR count). The lowest BCUT2D eigenvalue weighted by Crippen LogP contribution is -2.54. The minimum atomic E-state index is 0.230. The molecule has 0 aromatic carbocycles. The zero-order valence-corrected chi connectivity index (χ0v) is 11.9. The molecule has 0 aliphatic carbocycles. The molecule has 1 heteroatoms. The molecular weight excluding hydrogens is 182 g/mol. The van der Waals surface area contributed by atoms with Crippen LogP contribution in [0.4, 0.5) is 0 Å². The van der Waals surface area contributed by atoms with Crippen LogP contribution in [0.25, 0.3) is 0 Å². The van der Waals surface area contributed by atoms with Gasteiger partial charge in [-0.2, -0.15) is 0 Å². The average molecular weight is 211 g/mol. The molecule has 90 valence electrons. The molecule has 0 saturated carbocycles. The van der Waals surface area contributed by atoms with Crippen molar-refractivity contribution < 1.29 is 0 Å². The summed E-state index contributed by atoms with van der Waals surface area (Å²) in [5.41, 5.74) is 0.464. The SMILES string of the molecule is C/C=C\C[C@H](C)C(C)(C)N(C)C(C)(C)C. The van der Waals surface area contributed by atoms with E-state index in [4.69, 9.17) is 0 Å². The van der Waals surface area contributed by atoms with Crippen molar-refractivity contribution in [3.05, 3.63) is 12.2 Å². The van der Waals surface area contributed by atoms with Crippen LogP contribution in [0.3, 0.4) is 0 Å². The van der Waals surface area contributed by atoms with E-state index in [0.717, 1.165) is 6.42 Å². The van der Waals surface area contributed by atoms with Crippen molar-refractivity contribution >= 4 is 0 Å². The van der Waals surface area contributed by atoms with Gasteiger partial charge in [0.15, 0.2) is 0 Å². The molecule has 0 unspecified atom stereocenters. The number of hydrogen-bond donors (Lipinski definition) is 0. The van der Waals surface area contributed by atoms with Crippen LogP contribution in [0.2, 0.25) is 0 Å². The average Bonchev–Trinajstić information content (AvgIpc) is 2.11. The minimum absolute atomic E-state index is 0.230. The van der Waals surface area contributed by atoms with Gasteiger partial charge in [-0.05, 0) is 60.9 Å². The Morgan fingerprint density at radius 2 is 1.60 bits per heavy atom. The highest BCUT2D eigenvalue weighted by Crippen LogP contribution is 2.31. The van der Waals surface area contributed by atoms with Gasteiger partial charge in [-0.3, -0.25) is 4.90 Å². The van der Waals surface area contributed by atoms with Gasteiger partial charge in [0, 0.05) is 11.1 Å². The van der Waals surface area contributed by atoms with Gasteiger partial charge in [0.25, 0.3) is 0 Å².